The summed E-state index contributed by atoms with van der Waals surface area (Å²) in [6.07, 6.45) is 5.16. The van der Waals surface area contributed by atoms with Gasteiger partial charge in [0.15, 0.2) is 0 Å². The Morgan fingerprint density at radius 2 is 2.11 bits per heavy atom. The van der Waals surface area contributed by atoms with E-state index >= 15 is 0 Å². The minimum absolute atomic E-state index is 0.804. The van der Waals surface area contributed by atoms with Crippen LogP contribution in [0.2, 0.25) is 0 Å². The van der Waals surface area contributed by atoms with E-state index in [2.05, 4.69) is 15.9 Å². The molecule has 2 heteroatoms. The van der Waals surface area contributed by atoms with Crippen molar-refractivity contribution in [2.24, 2.45) is 0 Å². The summed E-state index contributed by atoms with van der Waals surface area (Å²) in [6, 6.07) is 0. The van der Waals surface area contributed by atoms with E-state index in [9.17, 15) is 0 Å². The summed E-state index contributed by atoms with van der Waals surface area (Å²) >= 11 is 3.20. The molecule has 0 heterocycles. The topological polar surface area (TPSA) is 23.9 Å². The van der Waals surface area contributed by atoms with Crippen molar-refractivity contribution in [3.05, 3.63) is 22.2 Å². The van der Waals surface area contributed by atoms with Gasteiger partial charge in [-0.3, -0.25) is 0 Å². The molecule has 0 saturated heterocycles. The first-order chi connectivity index (χ1) is 4.20. The molecule has 0 amide bonds. The highest BCUT2D eigenvalue weighted by atomic mass is 79.9. The molecule has 9 heavy (non-hydrogen) atoms. The minimum atomic E-state index is 0.804. The van der Waals surface area contributed by atoms with E-state index in [1.165, 1.54) is 6.21 Å². The van der Waals surface area contributed by atoms with Crippen LogP contribution in [0.15, 0.2) is 22.2 Å². The van der Waals surface area contributed by atoms with Gasteiger partial charge in [-0.15, -0.1) is 0 Å². The van der Waals surface area contributed by atoms with E-state index < -0.39 is 0 Å². The maximum absolute atomic E-state index is 6.81. The molecule has 50 valence electrons. The lowest BCUT2D eigenvalue weighted by atomic mass is 10.3. The lowest BCUT2D eigenvalue weighted by Crippen LogP contribution is -1.71. The Labute approximate surface area is 64.1 Å². The second kappa shape index (κ2) is 4.50. The summed E-state index contributed by atoms with van der Waals surface area (Å²) < 4.78 is 0.804. The predicted molar refractivity (Wildman–Crippen MR) is 45.2 cm³/mol. The summed E-state index contributed by atoms with van der Waals surface area (Å²) in [4.78, 5) is 0. The second-order valence-corrected chi connectivity index (χ2v) is 2.62. The summed E-state index contributed by atoms with van der Waals surface area (Å²) in [6.45, 7) is 3.96. The van der Waals surface area contributed by atoms with Crippen molar-refractivity contribution < 1.29 is 0 Å². The van der Waals surface area contributed by atoms with Crippen molar-refractivity contribution in [1.29, 1.82) is 5.41 Å². The molecule has 0 atom stereocenters. The van der Waals surface area contributed by atoms with E-state index in [4.69, 9.17) is 5.41 Å². The summed E-state index contributed by atoms with van der Waals surface area (Å²) in [5.41, 5.74) is 1.16. The van der Waals surface area contributed by atoms with Gasteiger partial charge >= 0.3 is 0 Å². The molecule has 0 bridgehead atoms. The Kier molecular flexibility index (Phi) is 4.32. The van der Waals surface area contributed by atoms with E-state index in [0.29, 0.717) is 0 Å². The molecule has 0 aromatic carbocycles. The zero-order valence-corrected chi connectivity index (χ0v) is 7.20. The van der Waals surface area contributed by atoms with Gasteiger partial charge in [0.25, 0.3) is 0 Å². The van der Waals surface area contributed by atoms with Gasteiger partial charge in [0, 0.05) is 10.7 Å². The molecular formula is C7H10BrN. The van der Waals surface area contributed by atoms with Crippen molar-refractivity contribution in [3.63, 3.8) is 0 Å². The molecule has 0 aliphatic carbocycles. The first kappa shape index (κ1) is 8.63. The Balaban J connectivity index is 4.11. The lowest BCUT2D eigenvalue weighted by Gasteiger charge is -1.87. The third kappa shape index (κ3) is 4.15. The van der Waals surface area contributed by atoms with Crippen LogP contribution in [0.1, 0.15) is 13.8 Å². The van der Waals surface area contributed by atoms with Crippen molar-refractivity contribution >= 4 is 22.1 Å². The zero-order valence-electron chi connectivity index (χ0n) is 5.61. The van der Waals surface area contributed by atoms with Crippen LogP contribution in [-0.2, 0) is 0 Å². The fourth-order valence-corrected chi connectivity index (χ4v) is 0.704. The standard InChI is InChI=1S/C7H10BrN/c1-3-6(2)4-7(8)5-9/h3-5,9H,1-2H3/b6-3-,7-4+,9-5?. The largest absolute Gasteiger partial charge is 0.308 e. The third-order valence-electron chi connectivity index (χ3n) is 0.959. The molecule has 0 aromatic heterocycles. The van der Waals surface area contributed by atoms with Crippen LogP contribution in [0, 0.1) is 5.41 Å². The fourth-order valence-electron chi connectivity index (χ4n) is 0.342. The monoisotopic (exact) mass is 187 g/mol. The van der Waals surface area contributed by atoms with Crippen molar-refractivity contribution in [2.75, 3.05) is 0 Å². The van der Waals surface area contributed by atoms with Crippen LogP contribution in [0.4, 0.5) is 0 Å². The summed E-state index contributed by atoms with van der Waals surface area (Å²) in [7, 11) is 0. The molecule has 0 aliphatic rings. The number of halogens is 1. The Hall–Kier alpha value is -0.370. The van der Waals surface area contributed by atoms with Crippen molar-refractivity contribution in [3.8, 4) is 0 Å². The highest BCUT2D eigenvalue weighted by molar-refractivity contribution is 9.12. The molecule has 0 radical (unpaired) electrons. The zero-order chi connectivity index (χ0) is 7.28. The molecule has 0 saturated carbocycles. The summed E-state index contributed by atoms with van der Waals surface area (Å²) in [5.74, 6) is 0. The molecule has 0 aliphatic heterocycles. The third-order valence-corrected chi connectivity index (χ3v) is 1.42. The van der Waals surface area contributed by atoms with Gasteiger partial charge in [-0.2, -0.15) is 0 Å². The maximum atomic E-state index is 6.81. The van der Waals surface area contributed by atoms with Crippen LogP contribution < -0.4 is 0 Å². The van der Waals surface area contributed by atoms with Crippen LogP contribution in [-0.4, -0.2) is 6.21 Å². The quantitative estimate of drug-likeness (QED) is 0.508. The second-order valence-electron chi connectivity index (χ2n) is 1.71. The van der Waals surface area contributed by atoms with E-state index in [-0.39, 0.29) is 0 Å². The van der Waals surface area contributed by atoms with E-state index in [1.54, 1.807) is 0 Å². The molecule has 1 nitrogen and oxygen atoms in total. The molecule has 0 spiro atoms. The Morgan fingerprint density at radius 3 is 2.44 bits per heavy atom. The Morgan fingerprint density at radius 1 is 1.56 bits per heavy atom. The van der Waals surface area contributed by atoms with Crippen molar-refractivity contribution in [1.82, 2.24) is 0 Å². The van der Waals surface area contributed by atoms with Gasteiger partial charge in [-0.1, -0.05) is 11.6 Å². The highest BCUT2D eigenvalue weighted by Gasteiger charge is 1.82. The number of hydrogen-bond donors (Lipinski definition) is 1. The highest BCUT2D eigenvalue weighted by Crippen LogP contribution is 2.05. The number of rotatable bonds is 2. The van der Waals surface area contributed by atoms with Gasteiger partial charge in [0.2, 0.25) is 0 Å². The van der Waals surface area contributed by atoms with Crippen LogP contribution >= 0.6 is 15.9 Å². The van der Waals surface area contributed by atoms with Crippen LogP contribution in [0.25, 0.3) is 0 Å². The number of hydrogen-bond acceptors (Lipinski definition) is 1. The number of nitrogens with one attached hydrogen (secondary N) is 1. The summed E-state index contributed by atoms with van der Waals surface area (Å²) in [5, 5.41) is 6.81. The van der Waals surface area contributed by atoms with Crippen molar-refractivity contribution in [2.45, 2.75) is 13.8 Å². The van der Waals surface area contributed by atoms with Gasteiger partial charge < -0.3 is 5.41 Å². The van der Waals surface area contributed by atoms with Crippen LogP contribution in [0.5, 0.6) is 0 Å². The first-order valence-electron chi connectivity index (χ1n) is 2.71. The average Bonchev–Trinajstić information content (AvgIpc) is 1.87. The smallest absolute Gasteiger partial charge is 0.0353 e. The molecule has 0 aromatic rings. The van der Waals surface area contributed by atoms with Gasteiger partial charge in [-0.05, 0) is 35.9 Å². The maximum Gasteiger partial charge on any atom is 0.0353 e. The van der Waals surface area contributed by atoms with Gasteiger partial charge in [0.05, 0.1) is 0 Å². The lowest BCUT2D eigenvalue weighted by molar-refractivity contribution is 1.47. The molecule has 0 fully saturated rings. The SMILES string of the molecule is C/C=C(C)\C=C(\Br)C=N. The number of allylic oxidation sites excluding steroid dienone is 4. The molecule has 0 unspecified atom stereocenters. The molecule has 1 N–H and O–H groups in total. The van der Waals surface area contributed by atoms with Gasteiger partial charge in [0.1, 0.15) is 0 Å². The van der Waals surface area contributed by atoms with E-state index in [0.717, 1.165) is 10.1 Å². The predicted octanol–water partition coefficient (Wildman–Crippen LogP) is 2.88. The fraction of sp³-hybridized carbons (Fsp3) is 0.286. The van der Waals surface area contributed by atoms with Crippen LogP contribution in [0.3, 0.4) is 0 Å². The average molecular weight is 188 g/mol. The molecular weight excluding hydrogens is 178 g/mol. The van der Waals surface area contributed by atoms with Gasteiger partial charge in [-0.25, -0.2) is 0 Å². The van der Waals surface area contributed by atoms with E-state index in [1.807, 2.05) is 26.0 Å². The Bertz CT molecular complexity index is 156. The molecule has 0 rings (SSSR count). The normalized spacial score (nSPS) is 13.7. The minimum Gasteiger partial charge on any atom is -0.308 e. The first-order valence-corrected chi connectivity index (χ1v) is 3.50.